The topological polar surface area (TPSA) is 203 Å². The van der Waals surface area contributed by atoms with Crippen molar-refractivity contribution in [3.8, 4) is 63.2 Å². The zero-order valence-corrected chi connectivity index (χ0v) is 28.5. The Morgan fingerprint density at radius 3 is 1.10 bits per heavy atom. The summed E-state index contributed by atoms with van der Waals surface area (Å²) in [6.07, 6.45) is 0. The summed E-state index contributed by atoms with van der Waals surface area (Å²) >= 11 is 3.19. The van der Waals surface area contributed by atoms with E-state index in [2.05, 4.69) is 15.9 Å². The van der Waals surface area contributed by atoms with Gasteiger partial charge < -0.3 is 42.6 Å². The van der Waals surface area contributed by atoms with E-state index < -0.39 is 64.8 Å². The third-order valence-electron chi connectivity index (χ3n) is 5.18. The second-order valence-corrected chi connectivity index (χ2v) is 10.4. The van der Waals surface area contributed by atoms with Gasteiger partial charge in [0.2, 0.25) is 11.5 Å². The van der Waals surface area contributed by atoms with Crippen molar-refractivity contribution in [2.45, 2.75) is 48.5 Å². The Morgan fingerprint density at radius 1 is 0.367 bits per heavy atom. The molecule has 0 aliphatic rings. The van der Waals surface area contributed by atoms with E-state index in [-0.39, 0.29) is 44.7 Å². The van der Waals surface area contributed by atoms with Crippen molar-refractivity contribution in [3.05, 3.63) is 40.9 Å². The first-order valence-corrected chi connectivity index (χ1v) is 14.5. The predicted molar refractivity (Wildman–Crippen MR) is 166 cm³/mol. The summed E-state index contributed by atoms with van der Waals surface area (Å²) in [6.45, 7) is 7.63. The monoisotopic (exact) mass is 746 g/mol. The lowest BCUT2D eigenvalue weighted by atomic mass is 10.2. The summed E-state index contributed by atoms with van der Waals surface area (Å²) < 4.78 is 48.4. The summed E-state index contributed by atoms with van der Waals surface area (Å²) in [7, 11) is 0. The molecule has 3 aromatic carbocycles. The molecule has 0 aliphatic carbocycles. The van der Waals surface area contributed by atoms with E-state index in [1.165, 1.54) is 18.2 Å². The highest BCUT2D eigenvalue weighted by Gasteiger charge is 2.28. The molecule has 0 unspecified atom stereocenters. The van der Waals surface area contributed by atoms with E-state index in [0.717, 1.165) is 66.7 Å². The molecule has 3 aromatic rings. The standard InChI is InChI=1S/C32H27BrO16/c1-14(34)41-21-8-22(42-15(2)35)10-23(9-21)48-30-26(44-17(4)37)11-24(12-27(30)45-18(5)38)49-31-28(46-19(6)39)13-25(43-16(3)36)29(33)32(31)47-20(7)40/h8-13H,1-7H3. The smallest absolute Gasteiger partial charge is 0.308 e. The molecule has 49 heavy (non-hydrogen) atoms. The Bertz CT molecular complexity index is 1790. The van der Waals surface area contributed by atoms with Gasteiger partial charge in [-0.25, -0.2) is 0 Å². The number of carbonyl (C=O) groups is 7. The zero-order chi connectivity index (χ0) is 36.6. The van der Waals surface area contributed by atoms with Crippen LogP contribution in [-0.4, -0.2) is 41.8 Å². The Labute approximate surface area is 286 Å². The van der Waals surface area contributed by atoms with Gasteiger partial charge in [0.25, 0.3) is 0 Å². The van der Waals surface area contributed by atoms with Gasteiger partial charge in [-0.15, -0.1) is 0 Å². The molecular weight excluding hydrogens is 720 g/mol. The summed E-state index contributed by atoms with van der Waals surface area (Å²) in [5, 5.41) is 0. The lowest BCUT2D eigenvalue weighted by Crippen LogP contribution is -2.10. The summed E-state index contributed by atoms with van der Waals surface area (Å²) in [5.74, 6) is -8.75. The molecule has 0 bridgehead atoms. The molecule has 0 aliphatic heterocycles. The molecule has 0 saturated heterocycles. The van der Waals surface area contributed by atoms with Gasteiger partial charge in [-0.3, -0.25) is 33.6 Å². The van der Waals surface area contributed by atoms with Gasteiger partial charge in [0.15, 0.2) is 28.7 Å². The van der Waals surface area contributed by atoms with Gasteiger partial charge in [0, 0.05) is 84.9 Å². The Hall–Kier alpha value is -5.97. The second kappa shape index (κ2) is 16.2. The normalized spacial score (nSPS) is 10.2. The highest BCUT2D eigenvalue weighted by molar-refractivity contribution is 9.10. The van der Waals surface area contributed by atoms with Gasteiger partial charge in [0.05, 0.1) is 0 Å². The van der Waals surface area contributed by atoms with Crippen molar-refractivity contribution in [2.24, 2.45) is 0 Å². The van der Waals surface area contributed by atoms with Gasteiger partial charge in [-0.1, -0.05) is 0 Å². The van der Waals surface area contributed by atoms with Crippen LogP contribution in [0.5, 0.6) is 63.2 Å². The minimum atomic E-state index is -0.861. The first kappa shape index (κ1) is 37.5. The summed E-state index contributed by atoms with van der Waals surface area (Å²) in [6, 6.07) is 7.01. The number of rotatable bonds is 11. The highest BCUT2D eigenvalue weighted by Crippen LogP contribution is 2.52. The number of halogens is 1. The van der Waals surface area contributed by atoms with E-state index in [4.69, 9.17) is 42.6 Å². The fraction of sp³-hybridized carbons (Fsp3) is 0.219. The Morgan fingerprint density at radius 2 is 0.694 bits per heavy atom. The number of esters is 7. The molecular formula is C32H27BrO16. The summed E-state index contributed by atoms with van der Waals surface area (Å²) in [4.78, 5) is 83.4. The predicted octanol–water partition coefficient (Wildman–Crippen LogP) is 5.51. The quantitative estimate of drug-likeness (QED) is 0.175. The van der Waals surface area contributed by atoms with E-state index in [1.807, 2.05) is 0 Å². The molecule has 0 atom stereocenters. The second-order valence-electron chi connectivity index (χ2n) is 9.59. The van der Waals surface area contributed by atoms with Gasteiger partial charge >= 0.3 is 41.8 Å². The lowest BCUT2D eigenvalue weighted by molar-refractivity contribution is -0.133. The minimum Gasteiger partial charge on any atom is -0.449 e. The molecule has 0 saturated carbocycles. The van der Waals surface area contributed by atoms with Crippen molar-refractivity contribution in [1.82, 2.24) is 0 Å². The van der Waals surface area contributed by atoms with Gasteiger partial charge in [0.1, 0.15) is 27.5 Å². The van der Waals surface area contributed by atoms with Crippen molar-refractivity contribution in [3.63, 3.8) is 0 Å². The maximum atomic E-state index is 12.2. The van der Waals surface area contributed by atoms with Gasteiger partial charge in [-0.05, 0) is 15.9 Å². The van der Waals surface area contributed by atoms with Crippen LogP contribution in [0.2, 0.25) is 0 Å². The van der Waals surface area contributed by atoms with Crippen LogP contribution in [0, 0.1) is 0 Å². The van der Waals surface area contributed by atoms with Crippen LogP contribution in [0.1, 0.15) is 48.5 Å². The van der Waals surface area contributed by atoms with Crippen LogP contribution in [0.3, 0.4) is 0 Å². The van der Waals surface area contributed by atoms with Crippen molar-refractivity contribution in [1.29, 1.82) is 0 Å². The van der Waals surface area contributed by atoms with Crippen LogP contribution in [0.25, 0.3) is 0 Å². The largest absolute Gasteiger partial charge is 0.449 e. The highest BCUT2D eigenvalue weighted by atomic mass is 79.9. The van der Waals surface area contributed by atoms with E-state index in [1.54, 1.807) is 0 Å². The first-order valence-electron chi connectivity index (χ1n) is 13.8. The average molecular weight is 747 g/mol. The van der Waals surface area contributed by atoms with Crippen LogP contribution < -0.4 is 42.6 Å². The fourth-order valence-corrected chi connectivity index (χ4v) is 4.28. The van der Waals surface area contributed by atoms with Gasteiger partial charge in [-0.2, -0.15) is 0 Å². The SMILES string of the molecule is CC(=O)Oc1cc(OC(C)=O)cc(Oc2c(OC(C)=O)cc(Oc3c(OC(C)=O)cc(OC(C)=O)c(Br)c3OC(C)=O)cc2OC(C)=O)c1. The third kappa shape index (κ3) is 11.1. The molecule has 0 spiro atoms. The lowest BCUT2D eigenvalue weighted by Gasteiger charge is -2.20. The third-order valence-corrected chi connectivity index (χ3v) is 5.93. The fourth-order valence-electron chi connectivity index (χ4n) is 3.83. The van der Waals surface area contributed by atoms with Crippen molar-refractivity contribution >= 4 is 57.7 Å². The zero-order valence-electron chi connectivity index (χ0n) is 26.9. The van der Waals surface area contributed by atoms with E-state index >= 15 is 0 Å². The number of benzene rings is 3. The number of hydrogen-bond donors (Lipinski definition) is 0. The molecule has 3 rings (SSSR count). The molecule has 0 amide bonds. The molecule has 0 N–H and O–H groups in total. The minimum absolute atomic E-state index is 0.0944. The van der Waals surface area contributed by atoms with Crippen LogP contribution >= 0.6 is 15.9 Å². The van der Waals surface area contributed by atoms with E-state index in [0.29, 0.717) is 0 Å². The summed E-state index contributed by atoms with van der Waals surface area (Å²) in [5.41, 5.74) is 0. The number of hydrogen-bond acceptors (Lipinski definition) is 16. The van der Waals surface area contributed by atoms with Crippen molar-refractivity contribution < 1.29 is 76.2 Å². The Balaban J connectivity index is 2.29. The maximum Gasteiger partial charge on any atom is 0.308 e. The number of carbonyl (C=O) groups excluding carboxylic acids is 7. The maximum absolute atomic E-state index is 12.2. The molecule has 0 fully saturated rings. The average Bonchev–Trinajstić information content (AvgIpc) is 2.92. The first-order chi connectivity index (χ1) is 22.9. The van der Waals surface area contributed by atoms with E-state index in [9.17, 15) is 33.6 Å². The van der Waals surface area contributed by atoms with Crippen molar-refractivity contribution in [2.75, 3.05) is 0 Å². The Kier molecular flexibility index (Phi) is 12.4. The molecule has 0 heterocycles. The van der Waals surface area contributed by atoms with Crippen LogP contribution in [-0.2, 0) is 33.6 Å². The number of ether oxygens (including phenoxy) is 9. The molecule has 0 aromatic heterocycles. The molecule has 258 valence electrons. The molecule has 17 heteroatoms. The molecule has 16 nitrogen and oxygen atoms in total. The van der Waals surface area contributed by atoms with Crippen LogP contribution in [0.4, 0.5) is 0 Å². The van der Waals surface area contributed by atoms with Crippen LogP contribution in [0.15, 0.2) is 40.9 Å². The molecule has 0 radical (unpaired) electrons.